The first-order chi connectivity index (χ1) is 6.82. The van der Waals surface area contributed by atoms with E-state index in [9.17, 15) is 8.42 Å². The largest absolute Gasteiger partial charge is 0.326 e. The number of hydrogen-bond donors (Lipinski definition) is 2. The molecule has 0 unspecified atom stereocenters. The lowest BCUT2D eigenvalue weighted by Gasteiger charge is -2.17. The van der Waals surface area contributed by atoms with Gasteiger partial charge in [0.2, 0.25) is 0 Å². The monoisotopic (exact) mass is 249 g/mol. The summed E-state index contributed by atoms with van der Waals surface area (Å²) in [5.41, 5.74) is 5.95. The van der Waals surface area contributed by atoms with Crippen molar-refractivity contribution in [2.24, 2.45) is 5.73 Å². The minimum Gasteiger partial charge on any atom is -0.326 e. The van der Waals surface area contributed by atoms with Gasteiger partial charge in [-0.15, -0.1) is 0 Å². The van der Waals surface area contributed by atoms with Gasteiger partial charge in [-0.25, -0.2) is 0 Å². The van der Waals surface area contributed by atoms with Crippen LogP contribution in [0.15, 0.2) is 24.3 Å². The first-order valence-corrected chi connectivity index (χ1v) is 6.18. The van der Waals surface area contributed by atoms with Crippen molar-refractivity contribution in [2.75, 3.05) is 0 Å². The maximum Gasteiger partial charge on any atom is 0.273 e. The number of nitrogens with two attached hydrogens (primary N) is 1. The van der Waals surface area contributed by atoms with E-state index in [0.717, 1.165) is 0 Å². The second kappa shape index (κ2) is 4.49. The second-order valence-corrected chi connectivity index (χ2v) is 5.32. The van der Waals surface area contributed by atoms with Crippen LogP contribution in [0.2, 0.25) is 5.02 Å². The van der Waals surface area contributed by atoms with E-state index in [-0.39, 0.29) is 0 Å². The molecule has 0 saturated heterocycles. The molecule has 0 aliphatic heterocycles. The van der Waals surface area contributed by atoms with Gasteiger partial charge in [0.05, 0.1) is 0 Å². The molecule has 0 bridgehead atoms. The van der Waals surface area contributed by atoms with Crippen LogP contribution in [0.25, 0.3) is 0 Å². The third-order valence-electron chi connectivity index (χ3n) is 2.00. The summed E-state index contributed by atoms with van der Waals surface area (Å²) in [7, 11) is -4.20. The molecule has 1 rings (SSSR count). The molecule has 1 aromatic carbocycles. The van der Waals surface area contributed by atoms with Crippen molar-refractivity contribution in [2.45, 2.75) is 18.2 Å². The molecule has 0 aromatic heterocycles. The topological polar surface area (TPSA) is 80.4 Å². The second-order valence-electron chi connectivity index (χ2n) is 3.35. The van der Waals surface area contributed by atoms with Crippen LogP contribution in [0.4, 0.5) is 0 Å². The molecule has 0 spiro atoms. The fourth-order valence-electron chi connectivity index (χ4n) is 1.40. The first-order valence-electron chi connectivity index (χ1n) is 4.29. The molecule has 0 radical (unpaired) electrons. The molecule has 6 heteroatoms. The normalized spacial score (nSPS) is 16.0. The predicted octanol–water partition coefficient (Wildman–Crippen LogP) is 1.62. The maximum absolute atomic E-state index is 11.1. The van der Waals surface area contributed by atoms with E-state index in [0.29, 0.717) is 10.6 Å². The molecule has 0 fully saturated rings. The highest BCUT2D eigenvalue weighted by atomic mass is 35.5. The number of rotatable bonds is 3. The Bertz CT molecular complexity index is 427. The summed E-state index contributed by atoms with van der Waals surface area (Å²) in [6.45, 7) is 1.52. The van der Waals surface area contributed by atoms with E-state index in [1.54, 1.807) is 12.1 Å². The quantitative estimate of drug-likeness (QED) is 0.798. The van der Waals surface area contributed by atoms with Gasteiger partial charge in [0.25, 0.3) is 10.1 Å². The van der Waals surface area contributed by atoms with E-state index < -0.39 is 21.4 Å². The fourth-order valence-corrected chi connectivity index (χ4v) is 2.57. The lowest BCUT2D eigenvalue weighted by molar-refractivity contribution is 0.458. The molecule has 2 atom stereocenters. The van der Waals surface area contributed by atoms with Crippen molar-refractivity contribution in [1.82, 2.24) is 0 Å². The SMILES string of the molecule is C[C@@H](N)[C@@H](c1ccc(Cl)cc1)S(=O)(=O)O. The average Bonchev–Trinajstić information content (AvgIpc) is 2.05. The van der Waals surface area contributed by atoms with E-state index >= 15 is 0 Å². The third kappa shape index (κ3) is 3.17. The molecule has 0 saturated carbocycles. The zero-order valence-electron chi connectivity index (χ0n) is 8.09. The molecular weight excluding hydrogens is 238 g/mol. The van der Waals surface area contributed by atoms with Crippen LogP contribution < -0.4 is 5.73 Å². The lowest BCUT2D eigenvalue weighted by atomic mass is 10.1. The Morgan fingerprint density at radius 3 is 2.13 bits per heavy atom. The highest BCUT2D eigenvalue weighted by Crippen LogP contribution is 2.25. The summed E-state index contributed by atoms with van der Waals surface area (Å²) >= 11 is 5.67. The molecular formula is C9H12ClNO3S. The Hall–Kier alpha value is -0.620. The van der Waals surface area contributed by atoms with Crippen molar-refractivity contribution in [1.29, 1.82) is 0 Å². The van der Waals surface area contributed by atoms with Crippen LogP contribution in [0, 0.1) is 0 Å². The Morgan fingerprint density at radius 1 is 1.33 bits per heavy atom. The van der Waals surface area contributed by atoms with Gasteiger partial charge in [0, 0.05) is 11.1 Å². The molecule has 15 heavy (non-hydrogen) atoms. The van der Waals surface area contributed by atoms with E-state index in [1.807, 2.05) is 0 Å². The van der Waals surface area contributed by atoms with Gasteiger partial charge in [0.15, 0.2) is 0 Å². The van der Waals surface area contributed by atoms with Crippen LogP contribution in [-0.4, -0.2) is 19.0 Å². The molecule has 4 nitrogen and oxygen atoms in total. The van der Waals surface area contributed by atoms with Gasteiger partial charge < -0.3 is 5.73 Å². The number of hydrogen-bond acceptors (Lipinski definition) is 3. The predicted molar refractivity (Wildman–Crippen MR) is 59.4 cm³/mol. The van der Waals surface area contributed by atoms with Crippen molar-refractivity contribution in [3.63, 3.8) is 0 Å². The van der Waals surface area contributed by atoms with Gasteiger partial charge in [0.1, 0.15) is 5.25 Å². The van der Waals surface area contributed by atoms with Crippen LogP contribution in [-0.2, 0) is 10.1 Å². The van der Waals surface area contributed by atoms with Gasteiger partial charge in [-0.3, -0.25) is 4.55 Å². The Morgan fingerprint density at radius 2 is 1.80 bits per heavy atom. The van der Waals surface area contributed by atoms with Crippen LogP contribution in [0.5, 0.6) is 0 Å². The minimum atomic E-state index is -4.20. The van der Waals surface area contributed by atoms with Crippen molar-refractivity contribution >= 4 is 21.7 Å². The number of benzene rings is 1. The van der Waals surface area contributed by atoms with Crippen LogP contribution in [0.3, 0.4) is 0 Å². The van der Waals surface area contributed by atoms with Crippen LogP contribution in [0.1, 0.15) is 17.7 Å². The molecule has 0 aliphatic carbocycles. The van der Waals surface area contributed by atoms with Gasteiger partial charge in [-0.1, -0.05) is 23.7 Å². The zero-order valence-corrected chi connectivity index (χ0v) is 9.66. The summed E-state index contributed by atoms with van der Waals surface area (Å²) in [5.74, 6) is 0. The molecule has 0 amide bonds. The van der Waals surface area contributed by atoms with E-state index in [2.05, 4.69) is 0 Å². The Balaban J connectivity index is 3.17. The van der Waals surface area contributed by atoms with Crippen molar-refractivity contribution in [3.8, 4) is 0 Å². The zero-order chi connectivity index (χ0) is 11.6. The summed E-state index contributed by atoms with van der Waals surface area (Å²) in [6, 6.07) is 5.48. The average molecular weight is 250 g/mol. The van der Waals surface area contributed by atoms with Crippen LogP contribution >= 0.6 is 11.6 Å². The standard InChI is InChI=1S/C9H12ClNO3S/c1-6(11)9(15(12,13)14)7-2-4-8(10)5-3-7/h2-6,9H,11H2,1H3,(H,12,13,14)/t6-,9+/m1/s1. The summed E-state index contributed by atoms with van der Waals surface area (Å²) < 4.78 is 31.2. The van der Waals surface area contributed by atoms with E-state index in [4.69, 9.17) is 21.9 Å². The summed E-state index contributed by atoms with van der Waals surface area (Å²) in [5, 5.41) is -0.618. The smallest absolute Gasteiger partial charge is 0.273 e. The van der Waals surface area contributed by atoms with Crippen molar-refractivity contribution < 1.29 is 13.0 Å². The molecule has 0 heterocycles. The lowest BCUT2D eigenvalue weighted by Crippen LogP contribution is -2.30. The van der Waals surface area contributed by atoms with Gasteiger partial charge >= 0.3 is 0 Å². The van der Waals surface area contributed by atoms with E-state index in [1.165, 1.54) is 19.1 Å². The molecule has 1 aromatic rings. The fraction of sp³-hybridized carbons (Fsp3) is 0.333. The first kappa shape index (κ1) is 12.4. The molecule has 3 N–H and O–H groups in total. The Labute approximate surface area is 93.8 Å². The Kier molecular flexibility index (Phi) is 3.72. The van der Waals surface area contributed by atoms with Crippen molar-refractivity contribution in [3.05, 3.63) is 34.9 Å². The summed E-state index contributed by atoms with van der Waals surface area (Å²) in [4.78, 5) is 0. The third-order valence-corrected chi connectivity index (χ3v) is 3.59. The maximum atomic E-state index is 11.1. The molecule has 0 aliphatic rings. The highest BCUT2D eigenvalue weighted by molar-refractivity contribution is 7.86. The minimum absolute atomic E-state index is 0.428. The highest BCUT2D eigenvalue weighted by Gasteiger charge is 2.28. The van der Waals surface area contributed by atoms with Gasteiger partial charge in [-0.2, -0.15) is 8.42 Å². The van der Waals surface area contributed by atoms with Gasteiger partial charge in [-0.05, 0) is 24.6 Å². The number of halogens is 1. The molecule has 84 valence electrons. The summed E-state index contributed by atoms with van der Waals surface area (Å²) in [6.07, 6.45) is 0.